The molecule has 11 heteroatoms. The maximum Gasteiger partial charge on any atom is 0.319 e. The van der Waals surface area contributed by atoms with E-state index in [0.717, 1.165) is 60.0 Å². The number of ether oxygens (including phenoxy) is 1. The average molecular weight is 576 g/mol. The molecule has 6 rings (SSSR count). The number of rotatable bonds is 6. The molecule has 0 bridgehead atoms. The van der Waals surface area contributed by atoms with Crippen LogP contribution >= 0.6 is 11.6 Å². The Bertz CT molecular complexity index is 1570. The number of anilines is 1. The third-order valence-electron chi connectivity index (χ3n) is 8.81. The summed E-state index contributed by atoms with van der Waals surface area (Å²) >= 11 is 6.58. The molecule has 9 nitrogen and oxygen atoms in total. The van der Waals surface area contributed by atoms with Crippen LogP contribution < -0.4 is 9.64 Å². The first-order chi connectivity index (χ1) is 19.8. The molecular formula is C30H31ClFN7O2. The molecule has 3 heterocycles. The number of carbonyl (C=O) groups excluding carboxylic acids is 1. The summed E-state index contributed by atoms with van der Waals surface area (Å²) in [5.41, 5.74) is 4.48. The van der Waals surface area contributed by atoms with Crippen LogP contribution in [0.15, 0.2) is 43.0 Å². The first-order valence-electron chi connectivity index (χ1n) is 13.8. The largest absolute Gasteiger partial charge is 0.455 e. The number of aryl methyl sites for hydroxylation is 1. The van der Waals surface area contributed by atoms with Gasteiger partial charge in [-0.05, 0) is 49.3 Å². The summed E-state index contributed by atoms with van der Waals surface area (Å²) in [5, 5.41) is 10.3. The van der Waals surface area contributed by atoms with Crippen molar-refractivity contribution in [3.63, 3.8) is 0 Å². The fraction of sp³-hybridized carbons (Fsp3) is 0.433. The summed E-state index contributed by atoms with van der Waals surface area (Å²) in [6.45, 7) is 4.42. The number of hydrogen-bond acceptors (Lipinski definition) is 7. The number of piperazine rings is 1. The van der Waals surface area contributed by atoms with Crippen molar-refractivity contribution in [3.05, 3.63) is 76.2 Å². The molecule has 2 aromatic heterocycles. The van der Waals surface area contributed by atoms with Gasteiger partial charge in [0.05, 0.1) is 24.2 Å². The molecule has 212 valence electrons. The Kier molecular flexibility index (Phi) is 7.16. The fourth-order valence-electron chi connectivity index (χ4n) is 6.66. The molecule has 0 unspecified atom stereocenters. The van der Waals surface area contributed by atoms with Gasteiger partial charge in [-0.15, -0.1) is 0 Å². The van der Waals surface area contributed by atoms with Crippen molar-refractivity contribution >= 4 is 23.3 Å². The Hall–Kier alpha value is -3.97. The summed E-state index contributed by atoms with van der Waals surface area (Å²) in [6.07, 6.45) is 8.05. The minimum absolute atomic E-state index is 0.0499. The zero-order valence-corrected chi connectivity index (χ0v) is 23.7. The maximum atomic E-state index is 13.8. The Balaban J connectivity index is 1.36. The molecular weight excluding hydrogens is 545 g/mol. The highest BCUT2D eigenvalue weighted by Crippen LogP contribution is 2.50. The second-order valence-electron chi connectivity index (χ2n) is 11.1. The van der Waals surface area contributed by atoms with Gasteiger partial charge < -0.3 is 19.1 Å². The first kappa shape index (κ1) is 27.2. The quantitative estimate of drug-likeness (QED) is 0.406. The van der Waals surface area contributed by atoms with Crippen molar-refractivity contribution in [1.29, 1.82) is 5.26 Å². The van der Waals surface area contributed by atoms with Crippen LogP contribution in [0, 0.1) is 11.3 Å². The molecule has 41 heavy (non-hydrogen) atoms. The summed E-state index contributed by atoms with van der Waals surface area (Å²) in [7, 11) is 1.90. The van der Waals surface area contributed by atoms with E-state index in [9.17, 15) is 14.4 Å². The Morgan fingerprint density at radius 3 is 2.80 bits per heavy atom. The Morgan fingerprint density at radius 1 is 1.27 bits per heavy atom. The fourth-order valence-corrected chi connectivity index (χ4v) is 6.93. The number of nitriles is 1. The minimum atomic E-state index is -1.02. The minimum Gasteiger partial charge on any atom is -0.455 e. The van der Waals surface area contributed by atoms with Gasteiger partial charge in [0.15, 0.2) is 5.83 Å². The molecule has 2 aliphatic carbocycles. The van der Waals surface area contributed by atoms with Gasteiger partial charge in [-0.1, -0.05) is 30.3 Å². The maximum absolute atomic E-state index is 13.8. The highest BCUT2D eigenvalue weighted by Gasteiger charge is 2.44. The van der Waals surface area contributed by atoms with Crippen molar-refractivity contribution < 1.29 is 13.9 Å². The number of benzene rings is 1. The number of carbonyl (C=O) groups is 1. The molecule has 1 fully saturated rings. The van der Waals surface area contributed by atoms with Crippen LogP contribution in [0.2, 0.25) is 5.02 Å². The summed E-state index contributed by atoms with van der Waals surface area (Å²) in [4.78, 5) is 30.1. The van der Waals surface area contributed by atoms with E-state index in [0.29, 0.717) is 13.1 Å². The van der Waals surface area contributed by atoms with Crippen LogP contribution in [-0.2, 0) is 43.1 Å². The molecule has 0 N–H and O–H groups in total. The number of halogens is 2. The van der Waals surface area contributed by atoms with Gasteiger partial charge >= 0.3 is 6.01 Å². The van der Waals surface area contributed by atoms with Gasteiger partial charge in [0.1, 0.15) is 18.2 Å². The average Bonchev–Trinajstić information content (AvgIpc) is 3.54. The normalized spacial score (nSPS) is 21.4. The molecule has 3 aliphatic rings. The molecule has 1 saturated heterocycles. The highest BCUT2D eigenvalue weighted by molar-refractivity contribution is 6.31. The first-order valence-corrected chi connectivity index (χ1v) is 14.2. The predicted octanol–water partition coefficient (Wildman–Crippen LogP) is 4.23. The highest BCUT2D eigenvalue weighted by atomic mass is 35.5. The number of imidazole rings is 1. The molecule has 3 aromatic rings. The summed E-state index contributed by atoms with van der Waals surface area (Å²) in [6, 6.07) is 8.09. The van der Waals surface area contributed by atoms with E-state index in [4.69, 9.17) is 26.3 Å². The summed E-state index contributed by atoms with van der Waals surface area (Å²) in [5.74, 6) is -0.295. The number of aromatic nitrogens is 4. The van der Waals surface area contributed by atoms with E-state index in [1.165, 1.54) is 16.0 Å². The van der Waals surface area contributed by atoms with E-state index in [-0.39, 0.29) is 31.0 Å². The molecule has 1 aliphatic heterocycles. The third-order valence-corrected chi connectivity index (χ3v) is 9.16. The lowest BCUT2D eigenvalue weighted by atomic mass is 9.69. The zero-order valence-electron chi connectivity index (χ0n) is 22.9. The van der Waals surface area contributed by atoms with E-state index in [1.807, 2.05) is 29.9 Å². The SMILES string of the molecule is C=C(F)C(=O)N1CCN(c2nc(OCc3nccn3C)nc3c2CC[C@@]2(CCc4c(Cl)cccc42)C3)C[C@@H]1CC#N. The molecule has 1 aromatic carbocycles. The number of hydrogen-bond donors (Lipinski definition) is 0. The number of fused-ring (bicyclic) bond motifs is 3. The van der Waals surface area contributed by atoms with Crippen molar-refractivity contribution in [2.45, 2.75) is 56.6 Å². The molecule has 0 saturated carbocycles. The Labute approximate surface area is 243 Å². The lowest BCUT2D eigenvalue weighted by Crippen LogP contribution is -2.55. The van der Waals surface area contributed by atoms with Crippen LogP contribution in [0.3, 0.4) is 0 Å². The van der Waals surface area contributed by atoms with Gasteiger partial charge in [-0.2, -0.15) is 15.2 Å². The smallest absolute Gasteiger partial charge is 0.319 e. The summed E-state index contributed by atoms with van der Waals surface area (Å²) < 4.78 is 21.7. The van der Waals surface area contributed by atoms with Gasteiger partial charge in [0.25, 0.3) is 5.91 Å². The lowest BCUT2D eigenvalue weighted by molar-refractivity contribution is -0.131. The third kappa shape index (κ3) is 4.93. The van der Waals surface area contributed by atoms with E-state index < -0.39 is 17.8 Å². The van der Waals surface area contributed by atoms with Crippen molar-refractivity contribution in [3.8, 4) is 12.1 Å². The molecule has 0 radical (unpaired) electrons. The van der Waals surface area contributed by atoms with Gasteiger partial charge in [0.2, 0.25) is 0 Å². The lowest BCUT2D eigenvalue weighted by Gasteiger charge is -2.42. The van der Waals surface area contributed by atoms with Crippen LogP contribution in [0.5, 0.6) is 6.01 Å². The van der Waals surface area contributed by atoms with Crippen LogP contribution in [0.25, 0.3) is 0 Å². The number of amides is 1. The topological polar surface area (TPSA) is 100 Å². The van der Waals surface area contributed by atoms with Gasteiger partial charge in [-0.3, -0.25) is 4.79 Å². The van der Waals surface area contributed by atoms with E-state index in [2.05, 4.69) is 28.6 Å². The van der Waals surface area contributed by atoms with Gasteiger partial charge in [0, 0.05) is 55.1 Å². The van der Waals surface area contributed by atoms with Crippen LogP contribution in [0.4, 0.5) is 10.2 Å². The predicted molar refractivity (Wildman–Crippen MR) is 151 cm³/mol. The van der Waals surface area contributed by atoms with Crippen LogP contribution in [0.1, 0.15) is 47.5 Å². The van der Waals surface area contributed by atoms with E-state index in [1.54, 1.807) is 6.20 Å². The Morgan fingerprint density at radius 2 is 2.07 bits per heavy atom. The van der Waals surface area contributed by atoms with Crippen molar-refractivity contribution in [1.82, 2.24) is 24.4 Å². The second-order valence-corrected chi connectivity index (χ2v) is 11.5. The molecule has 2 atom stereocenters. The second kappa shape index (κ2) is 10.8. The monoisotopic (exact) mass is 575 g/mol. The van der Waals surface area contributed by atoms with Crippen molar-refractivity contribution in [2.75, 3.05) is 24.5 Å². The molecule has 1 amide bonds. The van der Waals surface area contributed by atoms with Crippen LogP contribution in [-0.4, -0.2) is 56.0 Å². The zero-order chi connectivity index (χ0) is 28.7. The van der Waals surface area contributed by atoms with Gasteiger partial charge in [-0.25, -0.2) is 9.37 Å². The van der Waals surface area contributed by atoms with E-state index >= 15 is 0 Å². The number of nitrogens with zero attached hydrogens (tertiary/aromatic N) is 7. The van der Waals surface area contributed by atoms with Crippen molar-refractivity contribution in [2.24, 2.45) is 7.05 Å². The standard InChI is InChI=1S/C30H31ClFN7O2/c1-19(32)28(40)39-15-14-38(17-20(39)8-11-33)27-22-7-10-30(9-6-21-23(30)4-3-5-24(21)31)16-25(22)35-29(36-27)41-18-26-34-12-13-37(26)2/h3-5,12-13,20H,1,6-10,14-18H2,2H3/t20-,30-/m0/s1. The molecule has 1 spiro atoms.